The Balaban J connectivity index is 1.27. The highest BCUT2D eigenvalue weighted by Crippen LogP contribution is 2.48. The smallest absolute Gasteiger partial charge is 0.254 e. The molecule has 7 aromatic carbocycles. The Morgan fingerprint density at radius 2 is 0.969 bits per heavy atom. The molecule has 0 amide bonds. The van der Waals surface area contributed by atoms with E-state index in [0.717, 1.165) is 40.1 Å². The Bertz CT molecular complexity index is 2990. The Hall–Kier alpha value is -6.85. The van der Waals surface area contributed by atoms with E-state index in [1.165, 1.54) is 55.6 Å². The predicted octanol–water partition coefficient (Wildman–Crippen LogP) is 14.2. The standard InChI is InChI=1S/C59H57BN4/c1-57(2,3)41-29-32-46(33-30-41)63(50-35-31-42(58(4,5)6)37-47(50)40-21-13-10-14-22-40)54-36-34-49-56(61-54)64(45-25-17-12-18-26-45)53-39-43(59(7,8)9)38-52-55(53)60(49)48-27-19-20-28-51(48)62(52)44-23-15-11-16-24-44/h10-39H,1-9H3. The Kier molecular flexibility index (Phi) is 9.94. The van der Waals surface area contributed by atoms with E-state index in [4.69, 9.17) is 4.98 Å². The van der Waals surface area contributed by atoms with Gasteiger partial charge in [0.25, 0.3) is 6.71 Å². The first-order valence-corrected chi connectivity index (χ1v) is 22.8. The van der Waals surface area contributed by atoms with Crippen molar-refractivity contribution in [3.8, 4) is 11.1 Å². The second-order valence-corrected chi connectivity index (χ2v) is 20.6. The summed E-state index contributed by atoms with van der Waals surface area (Å²) in [5.74, 6) is 1.79. The fourth-order valence-electron chi connectivity index (χ4n) is 9.60. The van der Waals surface area contributed by atoms with E-state index < -0.39 is 0 Å². The number of anilines is 9. The molecule has 1 aromatic heterocycles. The Morgan fingerprint density at radius 3 is 1.58 bits per heavy atom. The predicted molar refractivity (Wildman–Crippen MR) is 274 cm³/mol. The van der Waals surface area contributed by atoms with Gasteiger partial charge in [0.1, 0.15) is 11.6 Å². The fraction of sp³-hybridized carbons (Fsp3) is 0.203. The third-order valence-electron chi connectivity index (χ3n) is 13.1. The lowest BCUT2D eigenvalue weighted by Crippen LogP contribution is -2.61. The largest absolute Gasteiger partial charge is 0.311 e. The number of aromatic nitrogens is 1. The first kappa shape index (κ1) is 41.2. The van der Waals surface area contributed by atoms with Crippen LogP contribution in [0.1, 0.15) is 79.0 Å². The van der Waals surface area contributed by atoms with Gasteiger partial charge in [-0.05, 0) is 128 Å². The van der Waals surface area contributed by atoms with E-state index >= 15 is 0 Å². The number of rotatable bonds is 6. The Labute approximate surface area is 381 Å². The van der Waals surface area contributed by atoms with Gasteiger partial charge in [-0.2, -0.15) is 0 Å². The summed E-state index contributed by atoms with van der Waals surface area (Å²) in [6.45, 7) is 20.6. The Morgan fingerprint density at radius 1 is 0.438 bits per heavy atom. The van der Waals surface area contributed by atoms with Crippen LogP contribution in [-0.4, -0.2) is 11.7 Å². The quantitative estimate of drug-likeness (QED) is 0.156. The van der Waals surface area contributed by atoms with E-state index in [0.29, 0.717) is 0 Å². The minimum atomic E-state index is -0.124. The second kappa shape index (κ2) is 15.4. The van der Waals surface area contributed by atoms with Gasteiger partial charge in [0.05, 0.1) is 5.69 Å². The number of hydrogen-bond acceptors (Lipinski definition) is 4. The van der Waals surface area contributed by atoms with E-state index in [-0.39, 0.29) is 23.0 Å². The highest BCUT2D eigenvalue weighted by Gasteiger charge is 2.45. The van der Waals surface area contributed by atoms with Crippen molar-refractivity contribution >= 4 is 74.5 Å². The van der Waals surface area contributed by atoms with Crippen molar-refractivity contribution in [3.05, 3.63) is 199 Å². The molecular formula is C59H57BN4. The van der Waals surface area contributed by atoms with Crippen LogP contribution in [0.5, 0.6) is 0 Å². The molecule has 0 saturated carbocycles. The molecule has 0 atom stereocenters. The van der Waals surface area contributed by atoms with Crippen LogP contribution in [0.25, 0.3) is 11.1 Å². The van der Waals surface area contributed by atoms with E-state index in [9.17, 15) is 0 Å². The molecule has 2 aliphatic heterocycles. The van der Waals surface area contributed by atoms with Crippen molar-refractivity contribution in [1.29, 1.82) is 0 Å². The second-order valence-electron chi connectivity index (χ2n) is 20.6. The summed E-state index contributed by atoms with van der Waals surface area (Å²) in [7, 11) is 0. The third kappa shape index (κ3) is 7.17. The van der Waals surface area contributed by atoms with Gasteiger partial charge >= 0.3 is 0 Å². The van der Waals surface area contributed by atoms with Crippen LogP contribution in [0.2, 0.25) is 0 Å². The molecule has 0 unspecified atom stereocenters. The van der Waals surface area contributed by atoms with Crippen LogP contribution in [-0.2, 0) is 16.2 Å². The number of nitrogens with zero attached hydrogens (tertiary/aromatic N) is 4. The van der Waals surface area contributed by atoms with Gasteiger partial charge in [-0.15, -0.1) is 0 Å². The number of hydrogen-bond donors (Lipinski definition) is 0. The summed E-state index contributed by atoms with van der Waals surface area (Å²) in [4.78, 5) is 13.2. The first-order valence-electron chi connectivity index (χ1n) is 22.8. The lowest BCUT2D eigenvalue weighted by molar-refractivity contribution is 0.590. The van der Waals surface area contributed by atoms with Crippen LogP contribution in [0.15, 0.2) is 182 Å². The molecular weight excluding hydrogens is 775 g/mol. The maximum Gasteiger partial charge on any atom is 0.254 e. The monoisotopic (exact) mass is 832 g/mol. The lowest BCUT2D eigenvalue weighted by atomic mass is 9.33. The number of fused-ring (bicyclic) bond motifs is 4. The summed E-state index contributed by atoms with van der Waals surface area (Å²) in [6.07, 6.45) is 0. The van der Waals surface area contributed by atoms with Gasteiger partial charge in [0.2, 0.25) is 0 Å². The first-order chi connectivity index (χ1) is 30.7. The molecule has 0 bridgehead atoms. The number of benzene rings is 7. The van der Waals surface area contributed by atoms with E-state index in [2.05, 4.69) is 259 Å². The van der Waals surface area contributed by atoms with Gasteiger partial charge in [-0.1, -0.05) is 172 Å². The van der Waals surface area contributed by atoms with Gasteiger partial charge in [0.15, 0.2) is 0 Å². The number of pyridine rings is 1. The highest BCUT2D eigenvalue weighted by molar-refractivity contribution is 7.00. The zero-order valence-electron chi connectivity index (χ0n) is 38.7. The molecule has 0 N–H and O–H groups in total. The van der Waals surface area contributed by atoms with Crippen molar-refractivity contribution in [2.24, 2.45) is 0 Å². The molecule has 4 nitrogen and oxygen atoms in total. The van der Waals surface area contributed by atoms with Gasteiger partial charge in [0, 0.05) is 39.7 Å². The van der Waals surface area contributed by atoms with E-state index in [1.807, 2.05) is 0 Å². The SMILES string of the molecule is CC(C)(C)c1ccc(N(c2ccc3c(n2)N(c2ccccc2)c2cc(C(C)(C)C)cc4c2B3c2ccccc2N4c2ccccc2)c2ccc(C(C)(C)C)cc2-c2ccccc2)cc1. The van der Waals surface area contributed by atoms with Crippen molar-refractivity contribution in [3.63, 3.8) is 0 Å². The van der Waals surface area contributed by atoms with Crippen LogP contribution < -0.4 is 31.1 Å². The normalized spacial score (nSPS) is 13.3. The van der Waals surface area contributed by atoms with Crippen molar-refractivity contribution in [2.45, 2.75) is 78.6 Å². The summed E-state index contributed by atoms with van der Waals surface area (Å²) < 4.78 is 0. The molecule has 0 radical (unpaired) electrons. The van der Waals surface area contributed by atoms with Crippen molar-refractivity contribution in [2.75, 3.05) is 14.7 Å². The lowest BCUT2D eigenvalue weighted by Gasteiger charge is -2.44. The fourth-order valence-corrected chi connectivity index (χ4v) is 9.60. The van der Waals surface area contributed by atoms with Gasteiger partial charge < -0.3 is 4.90 Å². The van der Waals surface area contributed by atoms with Gasteiger partial charge in [-0.25, -0.2) is 4.98 Å². The summed E-state index contributed by atoms with van der Waals surface area (Å²) in [5.41, 5.74) is 17.7. The summed E-state index contributed by atoms with van der Waals surface area (Å²) in [5, 5.41) is 0. The number of para-hydroxylation sites is 3. The van der Waals surface area contributed by atoms with Crippen LogP contribution >= 0.6 is 0 Å². The molecule has 8 aromatic rings. The van der Waals surface area contributed by atoms with Crippen molar-refractivity contribution < 1.29 is 0 Å². The zero-order valence-corrected chi connectivity index (χ0v) is 38.7. The zero-order chi connectivity index (χ0) is 44.5. The molecule has 0 spiro atoms. The van der Waals surface area contributed by atoms with Crippen LogP contribution in [0, 0.1) is 0 Å². The molecule has 316 valence electrons. The molecule has 64 heavy (non-hydrogen) atoms. The third-order valence-corrected chi connectivity index (χ3v) is 13.1. The average Bonchev–Trinajstić information content (AvgIpc) is 3.29. The molecule has 5 heteroatoms. The molecule has 0 fully saturated rings. The van der Waals surface area contributed by atoms with Crippen LogP contribution in [0.3, 0.4) is 0 Å². The van der Waals surface area contributed by atoms with Crippen molar-refractivity contribution in [1.82, 2.24) is 4.98 Å². The minimum absolute atomic E-state index is 0.0116. The molecule has 0 aliphatic carbocycles. The van der Waals surface area contributed by atoms with Crippen LogP contribution in [0.4, 0.5) is 51.4 Å². The average molecular weight is 833 g/mol. The van der Waals surface area contributed by atoms with E-state index in [1.54, 1.807) is 0 Å². The maximum absolute atomic E-state index is 5.93. The molecule has 0 saturated heterocycles. The molecule has 3 heterocycles. The maximum atomic E-state index is 5.93. The highest BCUT2D eigenvalue weighted by atomic mass is 15.3. The minimum Gasteiger partial charge on any atom is -0.311 e. The molecule has 2 aliphatic rings. The van der Waals surface area contributed by atoms with Gasteiger partial charge in [-0.3, -0.25) is 9.80 Å². The summed E-state index contributed by atoms with van der Waals surface area (Å²) >= 11 is 0. The topological polar surface area (TPSA) is 22.6 Å². The molecule has 10 rings (SSSR count). The summed E-state index contributed by atoms with van der Waals surface area (Å²) in [6, 6.07) is 67.1.